The van der Waals surface area contributed by atoms with Gasteiger partial charge in [-0.25, -0.2) is 0 Å². The monoisotopic (exact) mass is 341 g/mol. The second-order valence-electron chi connectivity index (χ2n) is 5.40. The van der Waals surface area contributed by atoms with Crippen molar-refractivity contribution in [3.05, 3.63) is 36.0 Å². The van der Waals surface area contributed by atoms with Crippen molar-refractivity contribution in [2.75, 3.05) is 7.11 Å². The van der Waals surface area contributed by atoms with Crippen molar-refractivity contribution < 1.29 is 9.26 Å². The molecule has 1 atom stereocenters. The summed E-state index contributed by atoms with van der Waals surface area (Å²) < 4.78 is 10.5. The Morgan fingerprint density at radius 1 is 1.32 bits per heavy atom. The van der Waals surface area contributed by atoms with E-state index in [-0.39, 0.29) is 23.2 Å². The van der Waals surface area contributed by atoms with Crippen molar-refractivity contribution in [2.45, 2.75) is 41.9 Å². The summed E-state index contributed by atoms with van der Waals surface area (Å²) in [6.45, 7) is 2.05. The normalized spacial score (nSPS) is 17.2. The molecule has 120 valence electrons. The van der Waals surface area contributed by atoms with Crippen molar-refractivity contribution in [1.29, 1.82) is 0 Å². The summed E-state index contributed by atoms with van der Waals surface area (Å²) in [4.78, 5) is 5.62. The van der Waals surface area contributed by atoms with Crippen LogP contribution < -0.4 is 10.5 Å². The average molecular weight is 342 g/mol. The van der Waals surface area contributed by atoms with E-state index in [0.717, 1.165) is 29.9 Å². The lowest BCUT2D eigenvalue weighted by molar-refractivity contribution is 0.229. The Hall–Kier alpha value is -1.24. The first-order valence-corrected chi connectivity index (χ1v) is 7.92. The number of rotatable bonds is 5. The zero-order chi connectivity index (χ0) is 14.9. The third kappa shape index (κ3) is 3.39. The highest BCUT2D eigenvalue weighted by atomic mass is 35.5. The Bertz CT molecular complexity index is 614. The van der Waals surface area contributed by atoms with Gasteiger partial charge in [-0.05, 0) is 50.5 Å². The van der Waals surface area contributed by atoms with Crippen molar-refractivity contribution in [2.24, 2.45) is 5.73 Å². The van der Waals surface area contributed by atoms with Crippen LogP contribution in [-0.2, 0) is 5.54 Å². The number of hydrogen-bond donors (Lipinski definition) is 1. The minimum absolute atomic E-state index is 0. The molecule has 1 aromatic carbocycles. The molecule has 1 fully saturated rings. The van der Waals surface area contributed by atoms with Gasteiger partial charge in [-0.2, -0.15) is 4.98 Å². The van der Waals surface area contributed by atoms with Crippen LogP contribution in [0.1, 0.15) is 43.2 Å². The number of ether oxygens (including phenoxy) is 1. The van der Waals surface area contributed by atoms with E-state index in [1.54, 1.807) is 18.9 Å². The van der Waals surface area contributed by atoms with E-state index >= 15 is 0 Å². The second-order valence-corrected chi connectivity index (χ2v) is 6.82. The highest BCUT2D eigenvalue weighted by Gasteiger charge is 2.39. The number of methoxy groups -OCH3 is 1. The van der Waals surface area contributed by atoms with Gasteiger partial charge < -0.3 is 15.0 Å². The van der Waals surface area contributed by atoms with E-state index in [1.807, 2.05) is 24.3 Å². The molecule has 1 heterocycles. The minimum atomic E-state index is -0.369. The molecule has 2 N–H and O–H groups in total. The van der Waals surface area contributed by atoms with Gasteiger partial charge in [-0.1, -0.05) is 5.16 Å². The maximum atomic E-state index is 6.22. The minimum Gasteiger partial charge on any atom is -0.497 e. The third-order valence-corrected chi connectivity index (χ3v) is 4.95. The Kier molecular flexibility index (Phi) is 5.36. The third-order valence-electron chi connectivity index (χ3n) is 3.85. The summed E-state index contributed by atoms with van der Waals surface area (Å²) in [5.41, 5.74) is 5.85. The van der Waals surface area contributed by atoms with Crippen molar-refractivity contribution in [3.8, 4) is 5.75 Å². The van der Waals surface area contributed by atoms with Crippen LogP contribution in [0, 0.1) is 0 Å². The van der Waals surface area contributed by atoms with Gasteiger partial charge >= 0.3 is 0 Å². The fourth-order valence-corrected chi connectivity index (χ4v) is 3.19. The van der Waals surface area contributed by atoms with Crippen molar-refractivity contribution in [3.63, 3.8) is 0 Å². The molecule has 1 unspecified atom stereocenters. The molecule has 1 aromatic heterocycles. The van der Waals surface area contributed by atoms with Crippen LogP contribution in [0.2, 0.25) is 0 Å². The van der Waals surface area contributed by atoms with Crippen molar-refractivity contribution >= 4 is 24.2 Å². The Morgan fingerprint density at radius 2 is 2.00 bits per heavy atom. The predicted molar refractivity (Wildman–Crippen MR) is 88.5 cm³/mol. The van der Waals surface area contributed by atoms with Gasteiger partial charge in [0.25, 0.3) is 0 Å². The molecule has 0 spiro atoms. The molecule has 5 nitrogen and oxygen atoms in total. The van der Waals surface area contributed by atoms with E-state index < -0.39 is 0 Å². The highest BCUT2D eigenvalue weighted by molar-refractivity contribution is 7.99. The molecule has 0 bridgehead atoms. The molecule has 2 aromatic rings. The molecule has 3 rings (SSSR count). The lowest BCUT2D eigenvalue weighted by Crippen LogP contribution is -2.44. The number of nitrogens with two attached hydrogens (primary N) is 1. The van der Waals surface area contributed by atoms with E-state index in [9.17, 15) is 0 Å². The topological polar surface area (TPSA) is 74.2 Å². The summed E-state index contributed by atoms with van der Waals surface area (Å²) in [6, 6.07) is 7.93. The fourth-order valence-electron chi connectivity index (χ4n) is 2.29. The Labute approximate surface area is 140 Å². The highest BCUT2D eigenvalue weighted by Crippen LogP contribution is 2.39. The first-order chi connectivity index (χ1) is 10.1. The largest absolute Gasteiger partial charge is 0.497 e. The number of benzene rings is 1. The van der Waals surface area contributed by atoms with Crippen LogP contribution in [0.5, 0.6) is 5.75 Å². The summed E-state index contributed by atoms with van der Waals surface area (Å²) in [5.74, 6) is 2.12. The maximum Gasteiger partial charge on any atom is 0.239 e. The number of aromatic nitrogens is 2. The van der Waals surface area contributed by atoms with Crippen LogP contribution in [0.25, 0.3) is 0 Å². The molecule has 0 amide bonds. The van der Waals surface area contributed by atoms with Crippen LogP contribution >= 0.6 is 24.2 Å². The Balaban J connectivity index is 0.00000176. The fraction of sp³-hybridized carbons (Fsp3) is 0.467. The molecule has 1 aliphatic rings. The smallest absolute Gasteiger partial charge is 0.239 e. The number of thioether (sulfide) groups is 1. The van der Waals surface area contributed by atoms with Gasteiger partial charge in [0, 0.05) is 4.90 Å². The summed E-state index contributed by atoms with van der Waals surface area (Å²) in [6.07, 6.45) is 3.01. The molecular weight excluding hydrogens is 322 g/mol. The predicted octanol–water partition coefficient (Wildman–Crippen LogP) is 3.69. The molecular formula is C15H20ClN3O2S. The average Bonchev–Trinajstić information content (AvgIpc) is 2.96. The lowest BCUT2D eigenvalue weighted by atomic mass is 9.77. The molecule has 0 aliphatic heterocycles. The maximum absolute atomic E-state index is 6.22. The first-order valence-electron chi connectivity index (χ1n) is 7.04. The van der Waals surface area contributed by atoms with Crippen LogP contribution in [0.3, 0.4) is 0 Å². The summed E-state index contributed by atoms with van der Waals surface area (Å²) in [7, 11) is 1.66. The number of hydrogen-bond acceptors (Lipinski definition) is 6. The van der Waals surface area contributed by atoms with E-state index in [2.05, 4.69) is 17.1 Å². The van der Waals surface area contributed by atoms with Gasteiger partial charge in [0.15, 0.2) is 5.82 Å². The summed E-state index contributed by atoms with van der Waals surface area (Å²) >= 11 is 1.67. The van der Waals surface area contributed by atoms with Gasteiger partial charge in [-0.15, -0.1) is 24.2 Å². The molecule has 0 saturated heterocycles. The quantitative estimate of drug-likeness (QED) is 0.836. The molecule has 22 heavy (non-hydrogen) atoms. The number of halogens is 1. The van der Waals surface area contributed by atoms with E-state index in [0.29, 0.717) is 11.7 Å². The molecule has 0 radical (unpaired) electrons. The van der Waals surface area contributed by atoms with Crippen LogP contribution in [-0.4, -0.2) is 17.3 Å². The standard InChI is InChI=1S/C15H19N3O2S.ClH/c1-10(21-12-6-4-11(19-2)5-7-12)13-17-14(18-20-13)15(16)8-3-9-15;/h4-7,10H,3,8-9,16H2,1-2H3;1H. The molecule has 1 aliphatic carbocycles. The van der Waals surface area contributed by atoms with Gasteiger partial charge in [0.2, 0.25) is 5.89 Å². The SMILES string of the molecule is COc1ccc(SC(C)c2nc(C3(N)CCC3)no2)cc1.Cl. The van der Waals surface area contributed by atoms with Crippen LogP contribution in [0.4, 0.5) is 0 Å². The van der Waals surface area contributed by atoms with Crippen molar-refractivity contribution in [1.82, 2.24) is 10.1 Å². The molecule has 1 saturated carbocycles. The van der Waals surface area contributed by atoms with E-state index in [1.165, 1.54) is 0 Å². The van der Waals surface area contributed by atoms with Gasteiger partial charge in [0.05, 0.1) is 17.9 Å². The first kappa shape index (κ1) is 17.1. The van der Waals surface area contributed by atoms with Gasteiger partial charge in [0.1, 0.15) is 5.75 Å². The zero-order valence-corrected chi connectivity index (χ0v) is 14.2. The van der Waals surface area contributed by atoms with E-state index in [4.69, 9.17) is 15.0 Å². The lowest BCUT2D eigenvalue weighted by Gasteiger charge is -2.34. The second kappa shape index (κ2) is 6.89. The van der Waals surface area contributed by atoms with Crippen LogP contribution in [0.15, 0.2) is 33.7 Å². The zero-order valence-electron chi connectivity index (χ0n) is 12.6. The number of nitrogens with zero attached hydrogens (tertiary/aromatic N) is 2. The van der Waals surface area contributed by atoms with Gasteiger partial charge in [-0.3, -0.25) is 0 Å². The molecule has 7 heteroatoms. The Morgan fingerprint density at radius 3 is 2.55 bits per heavy atom. The summed E-state index contributed by atoms with van der Waals surface area (Å²) in [5, 5.41) is 4.14.